The van der Waals surface area contributed by atoms with E-state index in [1.165, 1.54) is 25.1 Å². The molecule has 0 radical (unpaired) electrons. The highest BCUT2D eigenvalue weighted by Gasteiger charge is 2.46. The minimum absolute atomic E-state index is 0.00103. The topological polar surface area (TPSA) is 246 Å². The van der Waals surface area contributed by atoms with E-state index >= 15 is 0 Å². The monoisotopic (exact) mass is 936 g/mol. The zero-order valence-electron chi connectivity index (χ0n) is 38.3. The molecule has 21 heteroatoms. The number of anilines is 3. The highest BCUT2D eigenvalue weighted by molar-refractivity contribution is 6.24. The van der Waals surface area contributed by atoms with E-state index in [4.69, 9.17) is 23.9 Å². The van der Waals surface area contributed by atoms with E-state index in [0.29, 0.717) is 61.4 Å². The second kappa shape index (κ2) is 22.0. The van der Waals surface area contributed by atoms with Crippen LogP contribution in [0.4, 0.5) is 17.5 Å². The van der Waals surface area contributed by atoms with Crippen LogP contribution in [0.15, 0.2) is 47.5 Å². The number of aromatic nitrogens is 4. The van der Waals surface area contributed by atoms with Crippen molar-refractivity contribution in [2.45, 2.75) is 64.5 Å². The molecule has 3 N–H and O–H groups in total. The summed E-state index contributed by atoms with van der Waals surface area (Å²) in [6.45, 7) is 9.66. The molecule has 3 aromatic heterocycles. The van der Waals surface area contributed by atoms with Gasteiger partial charge in [0.25, 0.3) is 23.3 Å². The van der Waals surface area contributed by atoms with Gasteiger partial charge in [-0.2, -0.15) is 4.98 Å². The van der Waals surface area contributed by atoms with Crippen molar-refractivity contribution in [1.29, 1.82) is 0 Å². The summed E-state index contributed by atoms with van der Waals surface area (Å²) < 4.78 is 24.2. The molecule has 360 valence electrons. The van der Waals surface area contributed by atoms with Crippen LogP contribution in [0.25, 0.3) is 11.0 Å². The fraction of sp³-hybridized carbons (Fsp3) is 0.489. The molecular formula is C47H56N10O11. The van der Waals surface area contributed by atoms with Gasteiger partial charge >= 0.3 is 0 Å². The zero-order valence-corrected chi connectivity index (χ0v) is 38.3. The summed E-state index contributed by atoms with van der Waals surface area (Å²) in [7, 11) is 0. The SMILES string of the molecule is CC(=O)c1c(C)c2cnc(Nc3ccc(N4CCN(CCOCCOCCOCCNC(=O)COc5cccc6c5C(=O)N(C5CCC(=O)NC5=O)C6=O)CC4)cn3)nc2n(C2CCCC2)c1=O. The first-order chi connectivity index (χ1) is 33.0. The van der Waals surface area contributed by atoms with Crippen LogP contribution in [-0.2, 0) is 28.6 Å². The fourth-order valence-electron chi connectivity index (χ4n) is 9.10. The normalized spacial score (nSPS) is 17.8. The Hall–Kier alpha value is -6.68. The molecule has 1 unspecified atom stereocenters. The van der Waals surface area contributed by atoms with Gasteiger partial charge < -0.3 is 34.5 Å². The number of piperidine rings is 1. The Balaban J connectivity index is 0.664. The summed E-state index contributed by atoms with van der Waals surface area (Å²) in [4.78, 5) is 108. The van der Waals surface area contributed by atoms with Gasteiger partial charge in [-0.05, 0) is 62.9 Å². The summed E-state index contributed by atoms with van der Waals surface area (Å²) in [6.07, 6.45) is 7.35. The molecule has 21 nitrogen and oxygen atoms in total. The molecule has 2 saturated heterocycles. The minimum atomic E-state index is -1.10. The van der Waals surface area contributed by atoms with Crippen LogP contribution in [0.5, 0.6) is 5.75 Å². The minimum Gasteiger partial charge on any atom is -0.483 e. The third-order valence-corrected chi connectivity index (χ3v) is 12.6. The Morgan fingerprint density at radius 3 is 2.28 bits per heavy atom. The summed E-state index contributed by atoms with van der Waals surface area (Å²) >= 11 is 0. The van der Waals surface area contributed by atoms with Crippen molar-refractivity contribution in [3.63, 3.8) is 0 Å². The number of carbonyl (C=O) groups is 6. The van der Waals surface area contributed by atoms with Crippen LogP contribution in [0.2, 0.25) is 0 Å². The van der Waals surface area contributed by atoms with Crippen LogP contribution in [0.1, 0.15) is 88.1 Å². The summed E-state index contributed by atoms with van der Waals surface area (Å²) in [5, 5.41) is 8.72. The second-order valence-electron chi connectivity index (χ2n) is 17.1. The molecule has 3 aliphatic heterocycles. The van der Waals surface area contributed by atoms with E-state index in [1.54, 1.807) is 17.7 Å². The Kier molecular flexibility index (Phi) is 15.4. The maximum Gasteiger partial charge on any atom is 0.266 e. The number of hydrogen-bond acceptors (Lipinski definition) is 17. The van der Waals surface area contributed by atoms with Crippen LogP contribution < -0.4 is 31.1 Å². The van der Waals surface area contributed by atoms with E-state index in [2.05, 4.69) is 35.7 Å². The number of nitrogens with one attached hydrogen (secondary N) is 3. The Bertz CT molecular complexity index is 2610. The van der Waals surface area contributed by atoms with Crippen molar-refractivity contribution in [2.24, 2.45) is 0 Å². The van der Waals surface area contributed by atoms with Gasteiger partial charge in [0.05, 0.1) is 68.2 Å². The third kappa shape index (κ3) is 10.9. The Labute approximate surface area is 391 Å². The average molecular weight is 937 g/mol. The highest BCUT2D eigenvalue weighted by Crippen LogP contribution is 2.34. The van der Waals surface area contributed by atoms with Gasteiger partial charge in [-0.15, -0.1) is 0 Å². The van der Waals surface area contributed by atoms with Crippen molar-refractivity contribution in [2.75, 3.05) is 95.7 Å². The van der Waals surface area contributed by atoms with Crippen LogP contribution in [0, 0.1) is 6.92 Å². The van der Waals surface area contributed by atoms with Gasteiger partial charge in [0.1, 0.15) is 23.3 Å². The largest absolute Gasteiger partial charge is 0.483 e. The fourth-order valence-corrected chi connectivity index (χ4v) is 9.10. The van der Waals surface area contributed by atoms with Crippen LogP contribution >= 0.6 is 0 Å². The molecule has 1 aromatic carbocycles. The van der Waals surface area contributed by atoms with Crippen molar-refractivity contribution in [3.8, 4) is 5.75 Å². The van der Waals surface area contributed by atoms with E-state index in [-0.39, 0.29) is 65.8 Å². The molecule has 68 heavy (non-hydrogen) atoms. The summed E-state index contributed by atoms with van der Waals surface area (Å²) in [5.74, 6) is -2.30. The lowest BCUT2D eigenvalue weighted by Gasteiger charge is -2.35. The maximum absolute atomic E-state index is 13.6. The number of hydrogen-bond donors (Lipinski definition) is 3. The lowest BCUT2D eigenvalue weighted by atomic mass is 10.0. The number of fused-ring (bicyclic) bond motifs is 2. The molecule has 0 bridgehead atoms. The van der Waals surface area contributed by atoms with Crippen molar-refractivity contribution in [1.82, 2.24) is 40.0 Å². The number of nitrogens with zero attached hydrogens (tertiary/aromatic N) is 7. The van der Waals surface area contributed by atoms with Gasteiger partial charge in [-0.25, -0.2) is 9.97 Å². The summed E-state index contributed by atoms with van der Waals surface area (Å²) in [5.41, 5.74) is 2.10. The van der Waals surface area contributed by atoms with Gasteiger partial charge in [-0.3, -0.25) is 53.2 Å². The standard InChI is InChI=1S/C47H56N10O11/c1-29-34-27-50-47(53-42(34)56(31-6-3-4-7-31)45(63)40(29)30(2)58)51-37-12-10-32(26-49-37)55-17-15-54(16-18-55)19-21-66-23-25-67-24-22-65-20-14-48-39(60)28-68-36-9-5-8-33-41(36)46(64)57(44(33)62)35-11-13-38(59)52-43(35)61/h5,8-10,12,26-27,31,35H,3-4,6-7,11,13-25,28H2,1-2H3,(H,48,60)(H,52,59,61)(H,49,50,51,53). The van der Waals surface area contributed by atoms with Gasteiger partial charge in [0, 0.05) is 63.3 Å². The molecule has 5 amide bonds. The van der Waals surface area contributed by atoms with E-state index in [9.17, 15) is 33.6 Å². The van der Waals surface area contributed by atoms with Crippen molar-refractivity contribution in [3.05, 3.63) is 75.3 Å². The predicted molar refractivity (Wildman–Crippen MR) is 246 cm³/mol. The van der Waals surface area contributed by atoms with E-state index in [0.717, 1.165) is 69.0 Å². The number of Topliss-reactive ketones (excluding diaryl/α,β-unsaturated/α-hetero) is 1. The smallest absolute Gasteiger partial charge is 0.266 e. The number of piperazine rings is 1. The average Bonchev–Trinajstić information content (AvgIpc) is 3.95. The van der Waals surface area contributed by atoms with Crippen molar-refractivity contribution < 1.29 is 47.7 Å². The molecule has 1 saturated carbocycles. The number of pyridine rings is 2. The first-order valence-electron chi connectivity index (χ1n) is 23.1. The number of rotatable bonds is 21. The van der Waals surface area contributed by atoms with E-state index < -0.39 is 42.2 Å². The third-order valence-electron chi connectivity index (χ3n) is 12.6. The van der Waals surface area contributed by atoms with Crippen LogP contribution in [0.3, 0.4) is 0 Å². The molecule has 0 spiro atoms. The van der Waals surface area contributed by atoms with E-state index in [1.807, 2.05) is 18.3 Å². The maximum atomic E-state index is 13.6. The summed E-state index contributed by atoms with van der Waals surface area (Å²) in [6, 6.07) is 7.25. The van der Waals surface area contributed by atoms with Crippen molar-refractivity contribution >= 4 is 63.8 Å². The van der Waals surface area contributed by atoms with Gasteiger partial charge in [0.15, 0.2) is 12.4 Å². The van der Waals surface area contributed by atoms with Gasteiger partial charge in [-0.1, -0.05) is 18.9 Å². The molecule has 8 rings (SSSR count). The molecule has 4 aliphatic rings. The lowest BCUT2D eigenvalue weighted by molar-refractivity contribution is -0.136. The first-order valence-corrected chi connectivity index (χ1v) is 23.1. The number of aryl methyl sites for hydroxylation is 1. The molecule has 6 heterocycles. The Morgan fingerprint density at radius 1 is 0.838 bits per heavy atom. The number of imide groups is 2. The zero-order chi connectivity index (χ0) is 47.7. The molecule has 1 aliphatic carbocycles. The second-order valence-corrected chi connectivity index (χ2v) is 17.1. The van der Waals surface area contributed by atoms with Gasteiger partial charge in [0.2, 0.25) is 17.8 Å². The number of carbonyl (C=O) groups excluding carboxylic acids is 6. The molecular weight excluding hydrogens is 881 g/mol. The number of ketones is 1. The number of ether oxygens (including phenoxy) is 4. The quantitative estimate of drug-likeness (QED) is 0.0617. The number of amides is 5. The first kappa shape index (κ1) is 47.8. The predicted octanol–water partition coefficient (Wildman–Crippen LogP) is 2.32. The number of benzene rings is 1. The van der Waals surface area contributed by atoms with Crippen LogP contribution in [-0.4, -0.2) is 156 Å². The lowest BCUT2D eigenvalue weighted by Crippen LogP contribution is -2.54. The Morgan fingerprint density at radius 2 is 1.57 bits per heavy atom. The molecule has 4 aromatic rings. The highest BCUT2D eigenvalue weighted by atomic mass is 16.5. The molecule has 3 fully saturated rings. The molecule has 1 atom stereocenters.